The van der Waals surface area contributed by atoms with E-state index in [4.69, 9.17) is 27.4 Å². The number of carboxylic acid groups (broad SMARTS) is 2. The Labute approximate surface area is 226 Å². The van der Waals surface area contributed by atoms with Gasteiger partial charge in [-0.25, -0.2) is 0 Å². The van der Waals surface area contributed by atoms with Crippen molar-refractivity contribution in [3.63, 3.8) is 0 Å². The van der Waals surface area contributed by atoms with Crippen LogP contribution in [0, 0.1) is 0 Å². The number of carboxylic acids is 2. The van der Waals surface area contributed by atoms with Crippen LogP contribution < -0.4 is 33.2 Å². The maximum absolute atomic E-state index is 12.5. The van der Waals surface area contributed by atoms with Gasteiger partial charge < -0.3 is 48.3 Å². The SMILES string of the molecule is NCCC(=O)NC(=O)[C@@H](N)Cc1cc(O)c(O)c(SC[C@@H](NC(=O)CC[C@H](N)C(=O)O)C(=O)NCC(=O)O)c1. The third kappa shape index (κ3) is 12.0. The fourth-order valence-corrected chi connectivity index (χ4v) is 4.02. The first-order valence-electron chi connectivity index (χ1n) is 11.5. The summed E-state index contributed by atoms with van der Waals surface area (Å²) < 4.78 is 0. The van der Waals surface area contributed by atoms with Crippen molar-refractivity contribution < 1.29 is 49.2 Å². The first-order valence-corrected chi connectivity index (χ1v) is 12.5. The van der Waals surface area contributed by atoms with E-state index in [-0.39, 0.29) is 42.9 Å². The third-order valence-electron chi connectivity index (χ3n) is 5.01. The molecule has 1 aromatic carbocycles. The van der Waals surface area contributed by atoms with Crippen molar-refractivity contribution in [2.75, 3.05) is 18.8 Å². The predicted molar refractivity (Wildman–Crippen MR) is 136 cm³/mol. The number of rotatable bonds is 16. The first kappa shape index (κ1) is 33.1. The Hall–Kier alpha value is -3.93. The molecule has 0 fully saturated rings. The average Bonchev–Trinajstić information content (AvgIpc) is 2.85. The highest BCUT2D eigenvalue weighted by molar-refractivity contribution is 7.99. The number of phenolic OH excluding ortho intramolecular Hbond substituents is 2. The van der Waals surface area contributed by atoms with Gasteiger partial charge in [0, 0.05) is 25.1 Å². The van der Waals surface area contributed by atoms with Gasteiger partial charge in [0.15, 0.2) is 11.5 Å². The van der Waals surface area contributed by atoms with E-state index in [1.165, 1.54) is 6.07 Å². The number of imide groups is 1. The molecule has 0 aliphatic rings. The van der Waals surface area contributed by atoms with Crippen molar-refractivity contribution in [3.05, 3.63) is 17.7 Å². The monoisotopic (exact) mass is 572 g/mol. The fraction of sp³-hybridized carbons (Fsp3) is 0.455. The Morgan fingerprint density at radius 1 is 0.923 bits per heavy atom. The Morgan fingerprint density at radius 2 is 1.59 bits per heavy atom. The number of phenols is 2. The van der Waals surface area contributed by atoms with Crippen molar-refractivity contribution in [1.82, 2.24) is 16.0 Å². The number of hydrogen-bond acceptors (Lipinski definition) is 12. The number of thioether (sulfide) groups is 1. The molecule has 0 saturated heterocycles. The second kappa shape index (κ2) is 16.1. The van der Waals surface area contributed by atoms with Crippen LogP contribution >= 0.6 is 11.8 Å². The molecule has 16 nitrogen and oxygen atoms in total. The van der Waals surface area contributed by atoms with Crippen LogP contribution in [0.25, 0.3) is 0 Å². The van der Waals surface area contributed by atoms with Crippen molar-refractivity contribution in [2.24, 2.45) is 17.2 Å². The Kier molecular flexibility index (Phi) is 13.7. The molecule has 216 valence electrons. The van der Waals surface area contributed by atoms with E-state index in [1.54, 1.807) is 0 Å². The maximum Gasteiger partial charge on any atom is 0.322 e. The highest BCUT2D eigenvalue weighted by Crippen LogP contribution is 2.37. The van der Waals surface area contributed by atoms with Gasteiger partial charge in [0.1, 0.15) is 18.6 Å². The molecule has 0 aromatic heterocycles. The van der Waals surface area contributed by atoms with E-state index in [0.29, 0.717) is 5.56 Å². The minimum atomic E-state index is -1.34. The van der Waals surface area contributed by atoms with Gasteiger partial charge in [-0.3, -0.25) is 34.1 Å². The third-order valence-corrected chi connectivity index (χ3v) is 6.13. The molecule has 0 aliphatic heterocycles. The van der Waals surface area contributed by atoms with Crippen LogP contribution in [-0.2, 0) is 35.2 Å². The van der Waals surface area contributed by atoms with Crippen LogP contribution in [0.5, 0.6) is 11.5 Å². The van der Waals surface area contributed by atoms with Gasteiger partial charge in [-0.15, -0.1) is 11.8 Å². The van der Waals surface area contributed by atoms with Crippen LogP contribution in [0.1, 0.15) is 24.8 Å². The number of carbonyl (C=O) groups excluding carboxylic acids is 4. The summed E-state index contributed by atoms with van der Waals surface area (Å²) in [5.74, 6) is -7.04. The second-order valence-electron chi connectivity index (χ2n) is 8.25. The number of carbonyl (C=O) groups is 6. The lowest BCUT2D eigenvalue weighted by atomic mass is 10.1. The van der Waals surface area contributed by atoms with Gasteiger partial charge in [-0.2, -0.15) is 0 Å². The number of amides is 4. The second-order valence-corrected chi connectivity index (χ2v) is 9.31. The molecule has 3 atom stereocenters. The molecule has 1 rings (SSSR count). The van der Waals surface area contributed by atoms with Crippen molar-refractivity contribution in [3.8, 4) is 11.5 Å². The highest BCUT2D eigenvalue weighted by atomic mass is 32.2. The van der Waals surface area contributed by atoms with E-state index < -0.39 is 71.7 Å². The largest absolute Gasteiger partial charge is 0.504 e. The lowest BCUT2D eigenvalue weighted by Crippen LogP contribution is -2.49. The molecule has 0 saturated carbocycles. The summed E-state index contributed by atoms with van der Waals surface area (Å²) in [5, 5.41) is 44.6. The summed E-state index contributed by atoms with van der Waals surface area (Å²) in [6.45, 7) is -0.707. The summed E-state index contributed by atoms with van der Waals surface area (Å²) in [4.78, 5) is 70.1. The number of benzene rings is 1. The van der Waals surface area contributed by atoms with Crippen molar-refractivity contribution in [2.45, 2.75) is 48.7 Å². The topological polar surface area (TPSA) is 297 Å². The summed E-state index contributed by atoms with van der Waals surface area (Å²) in [6.07, 6.45) is -0.786. The molecule has 0 heterocycles. The summed E-state index contributed by atoms with van der Waals surface area (Å²) in [5.41, 5.74) is 16.8. The van der Waals surface area contributed by atoms with Crippen LogP contribution in [0.3, 0.4) is 0 Å². The van der Waals surface area contributed by atoms with Gasteiger partial charge in [0.05, 0.1) is 10.9 Å². The first-order chi connectivity index (χ1) is 18.2. The van der Waals surface area contributed by atoms with E-state index in [9.17, 15) is 39.0 Å². The molecule has 0 bridgehead atoms. The smallest absolute Gasteiger partial charge is 0.322 e. The number of aromatic hydroxyl groups is 2. The Morgan fingerprint density at radius 3 is 2.18 bits per heavy atom. The standard InChI is InChI=1S/C22H32N6O10S/c23-4-3-17(31)28-20(35)12(25)5-10-6-14(29)19(34)15(7-10)39-9-13(21(36)26-8-18(32)33)27-16(30)2-1-11(24)22(37)38/h6-7,11-13,29,34H,1-5,8-9,23-25H2,(H,26,36)(H,27,30)(H,32,33)(H,37,38)(H,28,31,35)/t11-,12-,13+/m0/s1. The molecule has 13 N–H and O–H groups in total. The Bertz CT molecular complexity index is 1090. The maximum atomic E-state index is 12.5. The zero-order valence-corrected chi connectivity index (χ0v) is 21.5. The van der Waals surface area contributed by atoms with Crippen LogP contribution in [0.4, 0.5) is 0 Å². The van der Waals surface area contributed by atoms with Gasteiger partial charge in [0.2, 0.25) is 23.6 Å². The number of nitrogens with one attached hydrogen (secondary N) is 3. The molecule has 1 aromatic rings. The van der Waals surface area contributed by atoms with Crippen LogP contribution in [0.2, 0.25) is 0 Å². The average molecular weight is 573 g/mol. The molecular formula is C22H32N6O10S. The molecule has 39 heavy (non-hydrogen) atoms. The van der Waals surface area contributed by atoms with Gasteiger partial charge in [0.25, 0.3) is 0 Å². The van der Waals surface area contributed by atoms with E-state index in [0.717, 1.165) is 17.8 Å². The minimum absolute atomic E-state index is 0.0341. The molecule has 0 unspecified atom stereocenters. The fourth-order valence-electron chi connectivity index (χ4n) is 2.97. The minimum Gasteiger partial charge on any atom is -0.504 e. The van der Waals surface area contributed by atoms with E-state index >= 15 is 0 Å². The molecule has 0 radical (unpaired) electrons. The molecular weight excluding hydrogens is 540 g/mol. The van der Waals surface area contributed by atoms with Gasteiger partial charge in [-0.05, 0) is 30.5 Å². The normalized spacial score (nSPS) is 13.0. The molecule has 0 aliphatic carbocycles. The molecule has 0 spiro atoms. The number of nitrogens with two attached hydrogens (primary N) is 3. The summed E-state index contributed by atoms with van der Waals surface area (Å²) in [6, 6.07) is -1.30. The quantitative estimate of drug-likeness (QED) is 0.0694. The Balaban J connectivity index is 2.99. The summed E-state index contributed by atoms with van der Waals surface area (Å²) in [7, 11) is 0. The number of hydrogen-bond donors (Lipinski definition) is 10. The summed E-state index contributed by atoms with van der Waals surface area (Å²) >= 11 is 0.809. The predicted octanol–water partition coefficient (Wildman–Crippen LogP) is -3.07. The van der Waals surface area contributed by atoms with Gasteiger partial charge in [-0.1, -0.05) is 0 Å². The zero-order chi connectivity index (χ0) is 29.7. The van der Waals surface area contributed by atoms with Crippen LogP contribution in [-0.4, -0.2) is 93.0 Å². The van der Waals surface area contributed by atoms with Crippen molar-refractivity contribution >= 4 is 47.3 Å². The lowest BCUT2D eigenvalue weighted by molar-refractivity contribution is -0.139. The molecule has 17 heteroatoms. The molecule has 4 amide bonds. The van der Waals surface area contributed by atoms with Crippen molar-refractivity contribution in [1.29, 1.82) is 0 Å². The lowest BCUT2D eigenvalue weighted by Gasteiger charge is -2.19. The highest BCUT2D eigenvalue weighted by Gasteiger charge is 2.24. The van der Waals surface area contributed by atoms with E-state index in [2.05, 4.69) is 16.0 Å². The van der Waals surface area contributed by atoms with Gasteiger partial charge >= 0.3 is 11.9 Å². The number of aliphatic carboxylic acids is 2. The van der Waals surface area contributed by atoms with Crippen LogP contribution in [0.15, 0.2) is 17.0 Å². The zero-order valence-electron chi connectivity index (χ0n) is 20.7. The van der Waals surface area contributed by atoms with E-state index in [1.807, 2.05) is 0 Å².